The minimum absolute atomic E-state index is 0.0348. The summed E-state index contributed by atoms with van der Waals surface area (Å²) in [6, 6.07) is 1.76. The first kappa shape index (κ1) is 14.3. The van der Waals surface area contributed by atoms with Crippen LogP contribution in [0.4, 0.5) is 5.69 Å². The van der Waals surface area contributed by atoms with Gasteiger partial charge in [0.25, 0.3) is 5.56 Å². The van der Waals surface area contributed by atoms with Crippen molar-refractivity contribution < 1.29 is 4.74 Å². The topological polar surface area (TPSA) is 78.2 Å². The zero-order chi connectivity index (χ0) is 14.9. The molecule has 0 aromatic carbocycles. The van der Waals surface area contributed by atoms with E-state index in [1.807, 2.05) is 6.92 Å². The van der Waals surface area contributed by atoms with Gasteiger partial charge in [0.2, 0.25) is 0 Å². The van der Waals surface area contributed by atoms with Crippen LogP contribution in [0.3, 0.4) is 0 Å². The van der Waals surface area contributed by atoms with Gasteiger partial charge in [0.05, 0.1) is 12.3 Å². The molecule has 2 aromatic rings. The highest BCUT2D eigenvalue weighted by molar-refractivity contribution is 5.88. The van der Waals surface area contributed by atoms with Gasteiger partial charge < -0.3 is 10.1 Å². The Balaban J connectivity index is 2.69. The molecule has 2 rings (SSSR count). The lowest BCUT2D eigenvalue weighted by Crippen LogP contribution is -2.37. The predicted octanol–water partition coefficient (Wildman–Crippen LogP) is 0.0790. The molecule has 0 saturated heterocycles. The maximum Gasteiger partial charge on any atom is 0.332 e. The van der Waals surface area contributed by atoms with Crippen molar-refractivity contribution in [2.75, 3.05) is 19.0 Å². The highest BCUT2D eigenvalue weighted by atomic mass is 16.5. The number of pyridine rings is 1. The molecule has 0 saturated carbocycles. The lowest BCUT2D eigenvalue weighted by atomic mass is 10.2. The van der Waals surface area contributed by atoms with Gasteiger partial charge in [-0.25, -0.2) is 9.78 Å². The van der Waals surface area contributed by atoms with E-state index in [-0.39, 0.29) is 11.6 Å². The number of fused-ring (bicyclic) bond motifs is 1. The molecule has 0 fully saturated rings. The fraction of sp³-hybridized carbons (Fsp3) is 0.462. The lowest BCUT2D eigenvalue weighted by molar-refractivity contribution is 0.190. The van der Waals surface area contributed by atoms with E-state index in [4.69, 9.17) is 4.74 Å². The Kier molecular flexibility index (Phi) is 3.89. The van der Waals surface area contributed by atoms with Gasteiger partial charge in [-0.05, 0) is 13.0 Å². The number of aryl methyl sites for hydroxylation is 1. The van der Waals surface area contributed by atoms with Gasteiger partial charge in [-0.1, -0.05) is 0 Å². The standard InChI is InChI=1S/C13H18N4O3/c1-8(7-20-4)15-9-5-6-14-11-10(9)12(18)17(3)13(19)16(11)2/h5-6,8H,7H2,1-4H3,(H,14,15)/t8-/m0/s1. The number of aromatic nitrogens is 3. The van der Waals surface area contributed by atoms with E-state index in [0.29, 0.717) is 23.3 Å². The van der Waals surface area contributed by atoms with Crippen molar-refractivity contribution in [1.29, 1.82) is 0 Å². The number of methoxy groups -OCH3 is 1. The fourth-order valence-corrected chi connectivity index (χ4v) is 2.16. The normalized spacial score (nSPS) is 12.6. The minimum Gasteiger partial charge on any atom is -0.383 e. The largest absolute Gasteiger partial charge is 0.383 e. The highest BCUT2D eigenvalue weighted by Crippen LogP contribution is 2.17. The minimum atomic E-state index is -0.392. The zero-order valence-corrected chi connectivity index (χ0v) is 12.0. The van der Waals surface area contributed by atoms with Gasteiger partial charge in [-0.15, -0.1) is 0 Å². The summed E-state index contributed by atoms with van der Waals surface area (Å²) < 4.78 is 7.51. The van der Waals surface area contributed by atoms with Gasteiger partial charge in [-0.2, -0.15) is 0 Å². The number of nitrogens with zero attached hydrogens (tertiary/aromatic N) is 3. The molecule has 108 valence electrons. The quantitative estimate of drug-likeness (QED) is 0.857. The number of hydrogen-bond acceptors (Lipinski definition) is 5. The highest BCUT2D eigenvalue weighted by Gasteiger charge is 2.14. The Morgan fingerprint density at radius 2 is 2.05 bits per heavy atom. The van der Waals surface area contributed by atoms with E-state index in [1.54, 1.807) is 26.4 Å². The molecule has 0 aliphatic heterocycles. The molecule has 2 heterocycles. The second-order valence-corrected chi connectivity index (χ2v) is 4.76. The van der Waals surface area contributed by atoms with Gasteiger partial charge in [0.1, 0.15) is 5.39 Å². The second kappa shape index (κ2) is 5.46. The molecule has 7 heteroatoms. The van der Waals surface area contributed by atoms with E-state index >= 15 is 0 Å². The number of rotatable bonds is 4. The van der Waals surface area contributed by atoms with Gasteiger partial charge in [0, 0.05) is 33.4 Å². The van der Waals surface area contributed by atoms with E-state index in [1.165, 1.54) is 11.6 Å². The van der Waals surface area contributed by atoms with Gasteiger partial charge >= 0.3 is 5.69 Å². The van der Waals surface area contributed by atoms with Crippen LogP contribution in [0.15, 0.2) is 21.9 Å². The Morgan fingerprint density at radius 3 is 2.70 bits per heavy atom. The summed E-state index contributed by atoms with van der Waals surface area (Å²) in [7, 11) is 4.67. The summed E-state index contributed by atoms with van der Waals surface area (Å²) in [6.45, 7) is 2.46. The Morgan fingerprint density at radius 1 is 1.35 bits per heavy atom. The molecule has 1 N–H and O–H groups in total. The molecule has 2 aromatic heterocycles. The van der Waals surface area contributed by atoms with Crippen LogP contribution in [-0.2, 0) is 18.8 Å². The molecular formula is C13H18N4O3. The third kappa shape index (κ3) is 2.32. The molecule has 0 unspecified atom stereocenters. The Bertz CT molecular complexity index is 748. The average Bonchev–Trinajstić information content (AvgIpc) is 2.43. The summed E-state index contributed by atoms with van der Waals surface area (Å²) in [5.74, 6) is 0. The lowest BCUT2D eigenvalue weighted by Gasteiger charge is -2.16. The summed E-state index contributed by atoms with van der Waals surface area (Å²) in [5, 5.41) is 3.61. The number of nitrogens with one attached hydrogen (secondary N) is 1. The van der Waals surface area contributed by atoms with Gasteiger partial charge in [0.15, 0.2) is 5.65 Å². The van der Waals surface area contributed by atoms with Crippen LogP contribution < -0.4 is 16.6 Å². The van der Waals surface area contributed by atoms with Crippen molar-refractivity contribution in [2.24, 2.45) is 14.1 Å². The first-order chi connectivity index (χ1) is 9.47. The zero-order valence-electron chi connectivity index (χ0n) is 12.0. The molecule has 0 amide bonds. The van der Waals surface area contributed by atoms with Crippen LogP contribution >= 0.6 is 0 Å². The maximum absolute atomic E-state index is 12.3. The van der Waals surface area contributed by atoms with Crippen molar-refractivity contribution in [1.82, 2.24) is 14.1 Å². The van der Waals surface area contributed by atoms with Gasteiger partial charge in [-0.3, -0.25) is 13.9 Å². The van der Waals surface area contributed by atoms with E-state index in [9.17, 15) is 9.59 Å². The maximum atomic E-state index is 12.3. The average molecular weight is 278 g/mol. The SMILES string of the molecule is COC[C@H](C)Nc1ccnc2c1c(=O)n(C)c(=O)n2C. The summed E-state index contributed by atoms with van der Waals surface area (Å²) in [6.07, 6.45) is 1.57. The first-order valence-corrected chi connectivity index (χ1v) is 6.27. The molecule has 1 atom stereocenters. The number of anilines is 1. The van der Waals surface area contributed by atoms with Crippen molar-refractivity contribution in [2.45, 2.75) is 13.0 Å². The number of ether oxygens (including phenoxy) is 1. The second-order valence-electron chi connectivity index (χ2n) is 4.76. The van der Waals surface area contributed by atoms with E-state index in [0.717, 1.165) is 4.57 Å². The van der Waals surface area contributed by atoms with Crippen LogP contribution in [-0.4, -0.2) is 33.9 Å². The third-order valence-corrected chi connectivity index (χ3v) is 3.16. The third-order valence-electron chi connectivity index (χ3n) is 3.16. The summed E-state index contributed by atoms with van der Waals surface area (Å²) in [5.41, 5.74) is 0.267. The molecular weight excluding hydrogens is 260 g/mol. The predicted molar refractivity (Wildman–Crippen MR) is 77.2 cm³/mol. The van der Waals surface area contributed by atoms with E-state index in [2.05, 4.69) is 10.3 Å². The van der Waals surface area contributed by atoms with Crippen LogP contribution in [0, 0.1) is 0 Å². The summed E-state index contributed by atoms with van der Waals surface area (Å²) in [4.78, 5) is 28.3. The van der Waals surface area contributed by atoms with Crippen molar-refractivity contribution in [3.8, 4) is 0 Å². The van der Waals surface area contributed by atoms with Crippen LogP contribution in [0.2, 0.25) is 0 Å². The van der Waals surface area contributed by atoms with E-state index < -0.39 is 5.69 Å². The summed E-state index contributed by atoms with van der Waals surface area (Å²) >= 11 is 0. The fourth-order valence-electron chi connectivity index (χ4n) is 2.16. The molecule has 20 heavy (non-hydrogen) atoms. The molecule has 0 aliphatic carbocycles. The van der Waals surface area contributed by atoms with Crippen LogP contribution in [0.1, 0.15) is 6.92 Å². The first-order valence-electron chi connectivity index (χ1n) is 6.27. The molecule has 0 bridgehead atoms. The molecule has 0 radical (unpaired) electrons. The smallest absolute Gasteiger partial charge is 0.332 e. The van der Waals surface area contributed by atoms with Crippen LogP contribution in [0.25, 0.3) is 11.0 Å². The monoisotopic (exact) mass is 278 g/mol. The molecule has 0 aliphatic rings. The van der Waals surface area contributed by atoms with Crippen molar-refractivity contribution >= 4 is 16.7 Å². The molecule has 7 nitrogen and oxygen atoms in total. The Labute approximate surface area is 115 Å². The van der Waals surface area contributed by atoms with Crippen molar-refractivity contribution in [3.05, 3.63) is 33.1 Å². The number of hydrogen-bond donors (Lipinski definition) is 1. The van der Waals surface area contributed by atoms with Crippen molar-refractivity contribution in [3.63, 3.8) is 0 Å². The Hall–Kier alpha value is -2.15. The molecule has 0 spiro atoms. The van der Waals surface area contributed by atoms with Crippen LogP contribution in [0.5, 0.6) is 0 Å².